The number of benzene rings is 1. The van der Waals surface area contributed by atoms with Crippen LogP contribution < -0.4 is 4.74 Å². The number of phenols is 1. The molecule has 0 aliphatic carbocycles. The summed E-state index contributed by atoms with van der Waals surface area (Å²) in [6.07, 6.45) is 6.53. The molecule has 25 heavy (non-hydrogen) atoms. The van der Waals surface area contributed by atoms with Gasteiger partial charge in [0, 0.05) is 10.6 Å². The van der Waals surface area contributed by atoms with Crippen molar-refractivity contribution in [2.75, 3.05) is 0 Å². The summed E-state index contributed by atoms with van der Waals surface area (Å²) < 4.78 is 6.20. The maximum atomic E-state index is 9.54. The lowest BCUT2D eigenvalue weighted by molar-refractivity contribution is 0.237. The van der Waals surface area contributed by atoms with E-state index in [1.807, 2.05) is 19.9 Å². The molecule has 1 aromatic carbocycles. The van der Waals surface area contributed by atoms with E-state index >= 15 is 0 Å². The molecule has 1 N–H and O–H groups in total. The molecule has 0 fully saturated rings. The number of nitrogens with zero attached hydrogens (tertiary/aromatic N) is 3. The van der Waals surface area contributed by atoms with Gasteiger partial charge in [0.15, 0.2) is 0 Å². The summed E-state index contributed by atoms with van der Waals surface area (Å²) in [4.78, 5) is 4.16. The zero-order chi connectivity index (χ0) is 18.4. The number of aromatic nitrogens is 3. The van der Waals surface area contributed by atoms with Crippen LogP contribution in [0.3, 0.4) is 0 Å². The largest absolute Gasteiger partial charge is 0.507 e. The molecule has 7 heteroatoms. The van der Waals surface area contributed by atoms with Crippen molar-refractivity contribution < 1.29 is 9.84 Å². The molecule has 0 spiro atoms. The molecule has 1 unspecified atom stereocenters. The highest BCUT2D eigenvalue weighted by molar-refractivity contribution is 9.10. The Morgan fingerprint density at radius 2 is 2.16 bits per heavy atom. The van der Waals surface area contributed by atoms with Crippen molar-refractivity contribution in [3.8, 4) is 23.0 Å². The van der Waals surface area contributed by atoms with Crippen molar-refractivity contribution >= 4 is 27.5 Å². The van der Waals surface area contributed by atoms with Crippen LogP contribution in [0.4, 0.5) is 0 Å². The molecular formula is C18H17BrClN3O2. The molecule has 0 bridgehead atoms. The number of ether oxygens (including phenoxy) is 1. The van der Waals surface area contributed by atoms with Gasteiger partial charge >= 0.3 is 6.01 Å². The summed E-state index contributed by atoms with van der Waals surface area (Å²) in [6.45, 7) is 7.64. The van der Waals surface area contributed by atoms with Crippen LogP contribution in [0.2, 0.25) is 0 Å². The van der Waals surface area contributed by atoms with E-state index in [1.54, 1.807) is 36.5 Å². The Kier molecular flexibility index (Phi) is 6.73. The summed E-state index contributed by atoms with van der Waals surface area (Å²) in [5, 5.41) is 18.2. The predicted molar refractivity (Wildman–Crippen MR) is 103 cm³/mol. The highest BCUT2D eigenvalue weighted by Gasteiger charge is 2.11. The molecule has 0 aliphatic heterocycles. The summed E-state index contributed by atoms with van der Waals surface area (Å²) >= 11 is 9.29. The monoisotopic (exact) mass is 421 g/mol. The molecule has 1 heterocycles. The van der Waals surface area contributed by atoms with Gasteiger partial charge in [0.2, 0.25) is 0 Å². The van der Waals surface area contributed by atoms with E-state index < -0.39 is 0 Å². The van der Waals surface area contributed by atoms with Crippen LogP contribution in [-0.2, 0) is 0 Å². The minimum atomic E-state index is -0.352. The van der Waals surface area contributed by atoms with Crippen LogP contribution in [0.1, 0.15) is 13.8 Å². The van der Waals surface area contributed by atoms with Crippen LogP contribution in [0.5, 0.6) is 11.8 Å². The first-order valence-electron chi connectivity index (χ1n) is 7.44. The number of hydrogen-bond donors (Lipinski definition) is 1. The second-order valence-corrected chi connectivity index (χ2v) is 6.45. The van der Waals surface area contributed by atoms with Gasteiger partial charge < -0.3 is 9.84 Å². The highest BCUT2D eigenvalue weighted by Crippen LogP contribution is 2.28. The molecule has 2 aromatic rings. The van der Waals surface area contributed by atoms with Crippen molar-refractivity contribution in [1.82, 2.24) is 15.2 Å². The first kappa shape index (κ1) is 19.1. The van der Waals surface area contributed by atoms with Gasteiger partial charge in [-0.3, -0.25) is 0 Å². The fraction of sp³-hybridized carbons (Fsp3) is 0.167. The second kappa shape index (κ2) is 8.78. The molecule has 0 saturated carbocycles. The van der Waals surface area contributed by atoms with Crippen LogP contribution >= 0.6 is 27.5 Å². The third-order valence-electron chi connectivity index (χ3n) is 3.24. The lowest BCUT2D eigenvalue weighted by Gasteiger charge is -2.13. The van der Waals surface area contributed by atoms with Gasteiger partial charge in [-0.05, 0) is 65.7 Å². The molecule has 0 amide bonds. The van der Waals surface area contributed by atoms with Gasteiger partial charge in [0.05, 0.1) is 10.7 Å². The maximum Gasteiger partial charge on any atom is 0.336 e. The van der Waals surface area contributed by atoms with Crippen LogP contribution in [0.25, 0.3) is 11.3 Å². The standard InChI is InChI=1S/C18H17BrClN3O2/c1-4-5-14(20)8-11(2)12(3)25-18-21-10-16(22-23-18)13-6-7-17(24)15(19)9-13/h4-10,12,24H,2H2,1,3H3/b5-4-,14-8+. The van der Waals surface area contributed by atoms with Crippen LogP contribution in [0.15, 0.2) is 64.3 Å². The van der Waals surface area contributed by atoms with Crippen molar-refractivity contribution in [2.45, 2.75) is 20.0 Å². The van der Waals surface area contributed by atoms with Crippen molar-refractivity contribution in [3.05, 3.63) is 64.3 Å². The fourth-order valence-electron chi connectivity index (χ4n) is 1.85. The average Bonchev–Trinajstić information content (AvgIpc) is 2.58. The number of halogens is 2. The topological polar surface area (TPSA) is 68.1 Å². The van der Waals surface area contributed by atoms with Gasteiger partial charge in [-0.15, -0.1) is 5.10 Å². The molecule has 2 rings (SSSR count). The van der Waals surface area contributed by atoms with E-state index in [2.05, 4.69) is 37.7 Å². The van der Waals surface area contributed by atoms with Gasteiger partial charge in [-0.25, -0.2) is 4.98 Å². The fourth-order valence-corrected chi connectivity index (χ4v) is 2.50. The molecule has 0 aliphatic rings. The third kappa shape index (κ3) is 5.41. The van der Waals surface area contributed by atoms with E-state index in [4.69, 9.17) is 16.3 Å². The Bertz CT molecular complexity index is 820. The summed E-state index contributed by atoms with van der Waals surface area (Å²) in [5.74, 6) is 0.154. The van der Waals surface area contributed by atoms with Gasteiger partial charge in [-0.1, -0.05) is 29.4 Å². The first-order valence-corrected chi connectivity index (χ1v) is 8.61. The zero-order valence-electron chi connectivity index (χ0n) is 13.8. The lowest BCUT2D eigenvalue weighted by Crippen LogP contribution is -2.15. The highest BCUT2D eigenvalue weighted by atomic mass is 79.9. The Morgan fingerprint density at radius 1 is 1.40 bits per heavy atom. The molecule has 0 radical (unpaired) electrons. The normalized spacial score (nSPS) is 13.0. The Morgan fingerprint density at radius 3 is 2.76 bits per heavy atom. The molecule has 1 atom stereocenters. The Labute approximate surface area is 159 Å². The van der Waals surface area contributed by atoms with E-state index in [0.29, 0.717) is 20.8 Å². The average molecular weight is 423 g/mol. The molecule has 130 valence electrons. The zero-order valence-corrected chi connectivity index (χ0v) is 16.1. The summed E-state index contributed by atoms with van der Waals surface area (Å²) in [7, 11) is 0. The molecular weight excluding hydrogens is 406 g/mol. The van der Waals surface area contributed by atoms with Crippen molar-refractivity contribution in [3.63, 3.8) is 0 Å². The summed E-state index contributed by atoms with van der Waals surface area (Å²) in [5.41, 5.74) is 2.03. The SMILES string of the molecule is C=C(/C=C(Cl)\C=C/C)C(C)Oc1ncc(-c2ccc(O)c(Br)c2)nn1. The molecule has 0 saturated heterocycles. The summed E-state index contributed by atoms with van der Waals surface area (Å²) in [6, 6.07) is 5.18. The molecule has 1 aromatic heterocycles. The maximum absolute atomic E-state index is 9.54. The van der Waals surface area contributed by atoms with Crippen LogP contribution in [0, 0.1) is 0 Å². The number of allylic oxidation sites excluding steroid dienone is 3. The smallest absolute Gasteiger partial charge is 0.336 e. The van der Waals surface area contributed by atoms with E-state index in [0.717, 1.165) is 5.56 Å². The Hall–Kier alpha value is -2.18. The van der Waals surface area contributed by atoms with E-state index in [9.17, 15) is 5.11 Å². The minimum Gasteiger partial charge on any atom is -0.507 e. The number of hydrogen-bond acceptors (Lipinski definition) is 5. The van der Waals surface area contributed by atoms with Crippen molar-refractivity contribution in [1.29, 1.82) is 0 Å². The van der Waals surface area contributed by atoms with Gasteiger partial charge in [0.25, 0.3) is 0 Å². The number of rotatable bonds is 6. The molecule has 5 nitrogen and oxygen atoms in total. The predicted octanol–water partition coefficient (Wildman–Crippen LogP) is 5.03. The van der Waals surface area contributed by atoms with Gasteiger partial charge in [-0.2, -0.15) is 0 Å². The van der Waals surface area contributed by atoms with E-state index in [1.165, 1.54) is 0 Å². The second-order valence-electron chi connectivity index (χ2n) is 5.16. The number of aromatic hydroxyl groups is 1. The number of phenolic OH excluding ortho intramolecular Hbond substituents is 1. The van der Waals surface area contributed by atoms with Crippen molar-refractivity contribution in [2.24, 2.45) is 0 Å². The lowest BCUT2D eigenvalue weighted by atomic mass is 10.1. The minimum absolute atomic E-state index is 0.144. The Balaban J connectivity index is 2.08. The third-order valence-corrected chi connectivity index (χ3v) is 4.11. The van der Waals surface area contributed by atoms with E-state index in [-0.39, 0.29) is 17.9 Å². The first-order chi connectivity index (χ1) is 11.9. The van der Waals surface area contributed by atoms with Crippen LogP contribution in [-0.4, -0.2) is 26.4 Å². The quantitative estimate of drug-likeness (QED) is 0.661. The van der Waals surface area contributed by atoms with Gasteiger partial charge in [0.1, 0.15) is 17.5 Å².